The average molecular weight is 334 g/mol. The summed E-state index contributed by atoms with van der Waals surface area (Å²) >= 11 is 0. The van der Waals surface area contributed by atoms with E-state index < -0.39 is 12.1 Å². The van der Waals surface area contributed by atoms with Crippen LogP contribution in [-0.4, -0.2) is 30.0 Å². The molecular weight excluding hydrogens is 322 g/mol. The van der Waals surface area contributed by atoms with Crippen molar-refractivity contribution in [3.8, 4) is 11.4 Å². The van der Waals surface area contributed by atoms with Gasteiger partial charge in [-0.15, -0.1) is 0 Å². The van der Waals surface area contributed by atoms with E-state index in [1.165, 1.54) is 37.6 Å². The molecule has 0 spiro atoms. The first-order chi connectivity index (χ1) is 11.6. The summed E-state index contributed by atoms with van der Waals surface area (Å²) in [5.74, 6) is 0.367. The summed E-state index contributed by atoms with van der Waals surface area (Å²) in [6.45, 7) is -0.190. The Balaban J connectivity index is 2.04. The molecule has 0 aliphatic heterocycles. The minimum atomic E-state index is -2.73. The number of benzene rings is 1. The Morgan fingerprint density at radius 2 is 2.04 bits per heavy atom. The predicted octanol–water partition coefficient (Wildman–Crippen LogP) is 1.27. The Bertz CT molecular complexity index is 894. The smallest absolute Gasteiger partial charge is 0.368 e. The lowest BCUT2D eigenvalue weighted by molar-refractivity contribution is 0.148. The van der Waals surface area contributed by atoms with Gasteiger partial charge in [0.25, 0.3) is 6.43 Å². The first-order valence-electron chi connectivity index (χ1n) is 6.86. The van der Waals surface area contributed by atoms with Crippen molar-refractivity contribution in [3.05, 3.63) is 58.3 Å². The van der Waals surface area contributed by atoms with Gasteiger partial charge in [-0.3, -0.25) is 0 Å². The maximum Gasteiger partial charge on any atom is 0.368 e. The predicted molar refractivity (Wildman–Crippen MR) is 77.9 cm³/mol. The number of ether oxygens (including phenoxy) is 1. The number of aromatic nitrogens is 6. The molecule has 0 N–H and O–H groups in total. The summed E-state index contributed by atoms with van der Waals surface area (Å²) in [6.07, 6.45) is 0.0492. The van der Waals surface area contributed by atoms with Crippen molar-refractivity contribution in [2.75, 3.05) is 0 Å². The second kappa shape index (κ2) is 6.52. The van der Waals surface area contributed by atoms with Crippen molar-refractivity contribution in [1.82, 2.24) is 30.0 Å². The monoisotopic (exact) mass is 334 g/mol. The Morgan fingerprint density at radius 3 is 2.67 bits per heavy atom. The third-order valence-corrected chi connectivity index (χ3v) is 3.31. The zero-order valence-electron chi connectivity index (χ0n) is 12.5. The molecule has 3 rings (SSSR count). The minimum absolute atomic E-state index is 0.145. The van der Waals surface area contributed by atoms with Gasteiger partial charge in [0.2, 0.25) is 0 Å². The van der Waals surface area contributed by atoms with Crippen molar-refractivity contribution in [2.45, 2.75) is 13.0 Å². The molecule has 3 aromatic rings. The van der Waals surface area contributed by atoms with Crippen LogP contribution in [0.25, 0.3) is 5.69 Å². The summed E-state index contributed by atoms with van der Waals surface area (Å²) < 4.78 is 34.1. The number of aryl methyl sites for hydroxylation is 1. The molecule has 10 heteroatoms. The normalized spacial score (nSPS) is 11.0. The molecule has 8 nitrogen and oxygen atoms in total. The minimum Gasteiger partial charge on any atom is -0.487 e. The molecule has 2 heterocycles. The van der Waals surface area contributed by atoms with E-state index in [1.54, 1.807) is 6.07 Å². The topological polar surface area (TPSA) is 87.7 Å². The fourth-order valence-electron chi connectivity index (χ4n) is 2.14. The first kappa shape index (κ1) is 15.7. The highest BCUT2D eigenvalue weighted by molar-refractivity contribution is 5.45. The number of hydrogen-bond donors (Lipinski definition) is 0. The van der Waals surface area contributed by atoms with E-state index in [4.69, 9.17) is 4.74 Å². The van der Waals surface area contributed by atoms with Crippen LogP contribution in [0.1, 0.15) is 17.6 Å². The molecule has 0 unspecified atom stereocenters. The fraction of sp³-hybridized carbons (Fsp3) is 0.214. The van der Waals surface area contributed by atoms with Crippen molar-refractivity contribution in [2.24, 2.45) is 7.05 Å². The summed E-state index contributed by atoms with van der Waals surface area (Å²) in [5.41, 5.74) is -0.458. The average Bonchev–Trinajstić information content (AvgIpc) is 2.92. The fourth-order valence-corrected chi connectivity index (χ4v) is 2.14. The number of hydrogen-bond acceptors (Lipinski definition) is 6. The van der Waals surface area contributed by atoms with Gasteiger partial charge >= 0.3 is 5.69 Å². The molecule has 0 atom stereocenters. The molecule has 0 radical (unpaired) electrons. The molecule has 124 valence electrons. The van der Waals surface area contributed by atoms with Crippen LogP contribution in [0.2, 0.25) is 0 Å². The zero-order chi connectivity index (χ0) is 17.1. The van der Waals surface area contributed by atoms with Gasteiger partial charge in [0.05, 0.1) is 18.1 Å². The maximum atomic E-state index is 13.3. The van der Waals surface area contributed by atoms with E-state index in [1.807, 2.05) is 0 Å². The number of alkyl halides is 2. The van der Waals surface area contributed by atoms with Crippen LogP contribution in [0.3, 0.4) is 0 Å². The van der Waals surface area contributed by atoms with Crippen molar-refractivity contribution in [3.63, 3.8) is 0 Å². The second-order valence-electron chi connectivity index (χ2n) is 4.81. The number of nitrogens with zero attached hydrogens (tertiary/aromatic N) is 6. The molecule has 2 aromatic heterocycles. The van der Waals surface area contributed by atoms with Gasteiger partial charge in [-0.05, 0) is 16.5 Å². The van der Waals surface area contributed by atoms with Crippen LogP contribution in [-0.2, 0) is 13.7 Å². The Kier molecular flexibility index (Phi) is 4.27. The molecule has 0 amide bonds. The Hall–Kier alpha value is -3.17. The molecule has 0 bridgehead atoms. The Morgan fingerprint density at radius 1 is 1.21 bits per heavy atom. The third-order valence-electron chi connectivity index (χ3n) is 3.31. The first-order valence-corrected chi connectivity index (χ1v) is 6.86. The van der Waals surface area contributed by atoms with E-state index in [0.717, 1.165) is 9.36 Å². The van der Waals surface area contributed by atoms with E-state index >= 15 is 0 Å². The standard InChI is InChI=1S/C14H12F2N6O2/c1-21-14(23)22(20-19-21)12-4-2-3-10(13(15)16)11(12)8-24-9-5-6-17-18-7-9/h2-7,13H,8H2,1H3. The van der Waals surface area contributed by atoms with Crippen molar-refractivity contribution in [1.29, 1.82) is 0 Å². The number of rotatable bonds is 5. The molecule has 24 heavy (non-hydrogen) atoms. The van der Waals surface area contributed by atoms with Crippen molar-refractivity contribution >= 4 is 0 Å². The highest BCUT2D eigenvalue weighted by atomic mass is 19.3. The van der Waals surface area contributed by atoms with Gasteiger partial charge in [0.15, 0.2) is 0 Å². The molecule has 0 aliphatic rings. The summed E-state index contributed by atoms with van der Waals surface area (Å²) in [5, 5.41) is 14.6. The van der Waals surface area contributed by atoms with Crippen LogP contribution in [0, 0.1) is 0 Å². The molecule has 0 saturated carbocycles. The van der Waals surface area contributed by atoms with Crippen LogP contribution in [0.15, 0.2) is 41.5 Å². The SMILES string of the molecule is Cn1nnn(-c2cccc(C(F)F)c2COc2ccnnc2)c1=O. The molecule has 0 fully saturated rings. The lowest BCUT2D eigenvalue weighted by atomic mass is 10.1. The largest absolute Gasteiger partial charge is 0.487 e. The van der Waals surface area contributed by atoms with Gasteiger partial charge in [-0.1, -0.05) is 12.1 Å². The third kappa shape index (κ3) is 2.98. The summed E-state index contributed by atoms with van der Waals surface area (Å²) in [7, 11) is 1.42. The van der Waals surface area contributed by atoms with Gasteiger partial charge < -0.3 is 4.74 Å². The Labute approximate surface area is 134 Å². The summed E-state index contributed by atoms with van der Waals surface area (Å²) in [6, 6.07) is 5.76. The zero-order valence-corrected chi connectivity index (χ0v) is 12.5. The highest BCUT2D eigenvalue weighted by Crippen LogP contribution is 2.28. The second-order valence-corrected chi connectivity index (χ2v) is 4.81. The highest BCUT2D eigenvalue weighted by Gasteiger charge is 2.20. The van der Waals surface area contributed by atoms with Gasteiger partial charge in [0, 0.05) is 24.2 Å². The van der Waals surface area contributed by atoms with Gasteiger partial charge in [-0.25, -0.2) is 13.6 Å². The lowest BCUT2D eigenvalue weighted by Crippen LogP contribution is -2.23. The molecule has 1 aromatic carbocycles. The van der Waals surface area contributed by atoms with Gasteiger partial charge in [0.1, 0.15) is 12.4 Å². The van der Waals surface area contributed by atoms with Crippen LogP contribution < -0.4 is 10.4 Å². The van der Waals surface area contributed by atoms with Crippen LogP contribution >= 0.6 is 0 Å². The summed E-state index contributed by atoms with van der Waals surface area (Å²) in [4.78, 5) is 12.0. The van der Waals surface area contributed by atoms with Crippen LogP contribution in [0.5, 0.6) is 5.75 Å². The molecule has 0 saturated heterocycles. The number of halogens is 2. The lowest BCUT2D eigenvalue weighted by Gasteiger charge is -2.14. The van der Waals surface area contributed by atoms with Crippen LogP contribution in [0.4, 0.5) is 8.78 Å². The van der Waals surface area contributed by atoms with Crippen molar-refractivity contribution < 1.29 is 13.5 Å². The maximum absolute atomic E-state index is 13.3. The molecular formula is C14H12F2N6O2. The van der Waals surface area contributed by atoms with E-state index in [0.29, 0.717) is 5.75 Å². The van der Waals surface area contributed by atoms with E-state index in [9.17, 15) is 13.6 Å². The van der Waals surface area contributed by atoms with E-state index in [2.05, 4.69) is 20.6 Å². The van der Waals surface area contributed by atoms with Gasteiger partial charge in [-0.2, -0.15) is 19.6 Å². The van der Waals surface area contributed by atoms with E-state index in [-0.39, 0.29) is 23.4 Å². The number of tetrazole rings is 1. The quantitative estimate of drug-likeness (QED) is 0.698. The molecule has 0 aliphatic carbocycles.